The van der Waals surface area contributed by atoms with Crippen molar-refractivity contribution < 1.29 is 22.7 Å². The Hall–Kier alpha value is -1.18. The molecule has 0 unspecified atom stereocenters. The predicted octanol–water partition coefficient (Wildman–Crippen LogP) is 2.40. The normalized spacial score (nSPS) is 17.8. The van der Waals surface area contributed by atoms with Gasteiger partial charge in [-0.15, -0.1) is 0 Å². The molecule has 1 saturated carbocycles. The largest absolute Gasteiger partial charge is 0.481 e. The molecule has 1 fully saturated rings. The Balaban J connectivity index is 2.20. The quantitative estimate of drug-likeness (QED) is 0.865. The van der Waals surface area contributed by atoms with Gasteiger partial charge in [-0.2, -0.15) is 0 Å². The Morgan fingerprint density at radius 2 is 2.00 bits per heavy atom. The van der Waals surface area contributed by atoms with Gasteiger partial charge in [0.25, 0.3) is 0 Å². The van der Waals surface area contributed by atoms with E-state index in [-0.39, 0.29) is 11.6 Å². The Morgan fingerprint density at radius 3 is 2.52 bits per heavy atom. The minimum absolute atomic E-state index is 0.0873. The summed E-state index contributed by atoms with van der Waals surface area (Å²) in [5.41, 5.74) is -1.10. The number of benzene rings is 1. The van der Waals surface area contributed by atoms with Crippen LogP contribution < -0.4 is 4.72 Å². The van der Waals surface area contributed by atoms with Gasteiger partial charge >= 0.3 is 5.97 Å². The molecule has 1 aliphatic rings. The molecule has 2 rings (SSSR count). The lowest BCUT2D eigenvalue weighted by atomic mass is 9.87. The van der Waals surface area contributed by atoms with Crippen molar-refractivity contribution in [1.29, 1.82) is 0 Å². The monoisotopic (exact) mass is 335 g/mol. The van der Waals surface area contributed by atoms with Gasteiger partial charge in [-0.25, -0.2) is 17.5 Å². The van der Waals surface area contributed by atoms with Gasteiger partial charge in [0, 0.05) is 11.6 Å². The smallest absolute Gasteiger partial charge is 0.310 e. The summed E-state index contributed by atoms with van der Waals surface area (Å²) in [5, 5.41) is 9.38. The highest BCUT2D eigenvalue weighted by molar-refractivity contribution is 7.89. The van der Waals surface area contributed by atoms with Gasteiger partial charge < -0.3 is 5.11 Å². The minimum atomic E-state index is -4.11. The summed E-state index contributed by atoms with van der Waals surface area (Å²) >= 11 is 5.58. The van der Waals surface area contributed by atoms with Crippen molar-refractivity contribution >= 4 is 27.6 Å². The van der Waals surface area contributed by atoms with Crippen LogP contribution in [0.2, 0.25) is 5.02 Å². The lowest BCUT2D eigenvalue weighted by molar-refractivity contribution is -0.148. The lowest BCUT2D eigenvalue weighted by Crippen LogP contribution is -2.41. The molecular weight excluding hydrogens is 321 g/mol. The van der Waals surface area contributed by atoms with Crippen molar-refractivity contribution in [1.82, 2.24) is 4.72 Å². The van der Waals surface area contributed by atoms with E-state index in [9.17, 15) is 22.7 Å². The van der Waals surface area contributed by atoms with Crippen LogP contribution in [-0.2, 0) is 14.8 Å². The number of aliphatic carboxylic acids is 1. The Labute approximate surface area is 127 Å². The van der Waals surface area contributed by atoms with Crippen molar-refractivity contribution in [3.05, 3.63) is 29.0 Å². The second kappa shape index (κ2) is 5.90. The SMILES string of the molecule is O=C(O)C1(CNS(=O)(=O)c2ccc(Cl)cc2F)CCCC1. The van der Waals surface area contributed by atoms with E-state index < -0.39 is 32.1 Å². The van der Waals surface area contributed by atoms with Gasteiger partial charge in [0.1, 0.15) is 10.7 Å². The summed E-state index contributed by atoms with van der Waals surface area (Å²) in [4.78, 5) is 10.8. The molecule has 8 heteroatoms. The highest BCUT2D eigenvalue weighted by Gasteiger charge is 2.42. The number of sulfonamides is 1. The van der Waals surface area contributed by atoms with E-state index in [1.54, 1.807) is 0 Å². The maximum absolute atomic E-state index is 13.7. The maximum atomic E-state index is 13.7. The molecule has 0 heterocycles. The van der Waals surface area contributed by atoms with Crippen LogP contribution in [0, 0.1) is 11.2 Å². The number of carboxylic acids is 1. The second-order valence-electron chi connectivity index (χ2n) is 5.19. The number of carboxylic acid groups (broad SMARTS) is 1. The summed E-state index contributed by atoms with van der Waals surface area (Å²) in [6, 6.07) is 3.22. The molecule has 1 aliphatic carbocycles. The van der Waals surface area contributed by atoms with Crippen LogP contribution in [0.3, 0.4) is 0 Å². The molecule has 5 nitrogen and oxygen atoms in total. The van der Waals surface area contributed by atoms with E-state index in [1.807, 2.05) is 0 Å². The molecule has 0 saturated heterocycles. The minimum Gasteiger partial charge on any atom is -0.481 e. The molecule has 21 heavy (non-hydrogen) atoms. The molecular formula is C13H15ClFNO4S. The molecule has 0 radical (unpaired) electrons. The number of nitrogens with one attached hydrogen (secondary N) is 1. The number of rotatable bonds is 5. The van der Waals surface area contributed by atoms with Crippen molar-refractivity contribution in [2.75, 3.05) is 6.54 Å². The zero-order valence-corrected chi connectivity index (χ0v) is 12.7. The first-order valence-electron chi connectivity index (χ1n) is 6.45. The fourth-order valence-electron chi connectivity index (χ4n) is 2.52. The van der Waals surface area contributed by atoms with Crippen molar-refractivity contribution in [2.24, 2.45) is 5.41 Å². The van der Waals surface area contributed by atoms with Gasteiger partial charge in [-0.05, 0) is 31.0 Å². The topological polar surface area (TPSA) is 83.5 Å². The molecule has 2 N–H and O–H groups in total. The molecule has 0 aliphatic heterocycles. The molecule has 0 bridgehead atoms. The summed E-state index contributed by atoms with van der Waals surface area (Å²) < 4.78 is 40.1. The van der Waals surface area contributed by atoms with Crippen molar-refractivity contribution in [3.63, 3.8) is 0 Å². The maximum Gasteiger partial charge on any atom is 0.310 e. The molecule has 116 valence electrons. The van der Waals surface area contributed by atoms with E-state index in [0.717, 1.165) is 25.0 Å². The van der Waals surface area contributed by atoms with E-state index in [0.29, 0.717) is 12.8 Å². The van der Waals surface area contributed by atoms with Crippen LogP contribution in [-0.4, -0.2) is 26.0 Å². The summed E-state index contributed by atoms with van der Waals surface area (Å²) in [7, 11) is -4.11. The molecule has 0 atom stereocenters. The average molecular weight is 336 g/mol. The first kappa shape index (κ1) is 16.2. The van der Waals surface area contributed by atoms with Crippen LogP contribution in [0.4, 0.5) is 4.39 Å². The third-order valence-electron chi connectivity index (χ3n) is 3.80. The number of halogens is 2. The summed E-state index contributed by atoms with van der Waals surface area (Å²) in [6.07, 6.45) is 2.30. The highest BCUT2D eigenvalue weighted by Crippen LogP contribution is 2.38. The van der Waals surface area contributed by atoms with Gasteiger partial charge in [-0.1, -0.05) is 24.4 Å². The molecule has 0 aromatic heterocycles. The number of hydrogen-bond acceptors (Lipinski definition) is 3. The first-order chi connectivity index (χ1) is 9.77. The lowest BCUT2D eigenvalue weighted by Gasteiger charge is -2.23. The number of carbonyl (C=O) groups is 1. The zero-order valence-electron chi connectivity index (χ0n) is 11.1. The van der Waals surface area contributed by atoms with E-state index in [1.165, 1.54) is 6.07 Å². The molecule has 0 spiro atoms. The van der Waals surface area contributed by atoms with Crippen molar-refractivity contribution in [3.8, 4) is 0 Å². The van der Waals surface area contributed by atoms with E-state index in [2.05, 4.69) is 4.72 Å². The average Bonchev–Trinajstić information content (AvgIpc) is 2.86. The van der Waals surface area contributed by atoms with E-state index in [4.69, 9.17) is 11.6 Å². The van der Waals surface area contributed by atoms with Gasteiger partial charge in [-0.3, -0.25) is 4.79 Å². The summed E-state index contributed by atoms with van der Waals surface area (Å²) in [6.45, 7) is -0.243. The molecule has 0 amide bonds. The predicted molar refractivity (Wildman–Crippen MR) is 75.1 cm³/mol. The standard InChI is InChI=1S/C13H15ClFNO4S/c14-9-3-4-11(10(15)7-9)21(19,20)16-8-13(12(17)18)5-1-2-6-13/h3-4,7,16H,1-2,5-6,8H2,(H,17,18). The molecule has 1 aromatic carbocycles. The van der Waals surface area contributed by atoms with E-state index >= 15 is 0 Å². The first-order valence-corrected chi connectivity index (χ1v) is 8.31. The van der Waals surface area contributed by atoms with Crippen molar-refractivity contribution in [2.45, 2.75) is 30.6 Å². The van der Waals surface area contributed by atoms with Crippen LogP contribution in [0.25, 0.3) is 0 Å². The third-order valence-corrected chi connectivity index (χ3v) is 5.47. The second-order valence-corrected chi connectivity index (χ2v) is 7.36. The van der Waals surface area contributed by atoms with Crippen LogP contribution >= 0.6 is 11.6 Å². The van der Waals surface area contributed by atoms with Gasteiger partial charge in [0.05, 0.1) is 5.41 Å². The zero-order chi connectivity index (χ0) is 15.7. The fraction of sp³-hybridized carbons (Fsp3) is 0.462. The fourth-order valence-corrected chi connectivity index (χ4v) is 3.87. The Morgan fingerprint density at radius 1 is 1.38 bits per heavy atom. The molecule has 1 aromatic rings. The Kier molecular flexibility index (Phi) is 4.55. The van der Waals surface area contributed by atoms with Gasteiger partial charge in [0.15, 0.2) is 0 Å². The Bertz CT molecular complexity index is 656. The van der Waals surface area contributed by atoms with Gasteiger partial charge in [0.2, 0.25) is 10.0 Å². The van der Waals surface area contributed by atoms with Crippen LogP contribution in [0.1, 0.15) is 25.7 Å². The summed E-state index contributed by atoms with van der Waals surface area (Å²) in [5.74, 6) is -2.00. The highest BCUT2D eigenvalue weighted by atomic mass is 35.5. The van der Waals surface area contributed by atoms with Crippen LogP contribution in [0.5, 0.6) is 0 Å². The van der Waals surface area contributed by atoms with Crippen LogP contribution in [0.15, 0.2) is 23.1 Å². The third kappa shape index (κ3) is 3.36. The number of hydrogen-bond donors (Lipinski definition) is 2.